The van der Waals surface area contributed by atoms with E-state index in [0.717, 1.165) is 28.0 Å². The molecular weight excluding hydrogens is 520 g/mol. The van der Waals surface area contributed by atoms with E-state index in [1.807, 2.05) is 77.7 Å². The van der Waals surface area contributed by atoms with Gasteiger partial charge in [0.25, 0.3) is 5.91 Å². The maximum atomic E-state index is 13.6. The zero-order valence-corrected chi connectivity index (χ0v) is 23.6. The standard InChI is InChI=1S/C37H34N2O3/c1-41-32-24-22-28(23-25-32)34-35(42-33-20-12-5-13-21-33)36(40)39(34)27-26-38-37(29-14-6-2-7-15-29,30-16-8-3-9-17-30)31-18-10-4-11-19-31/h2-25,34-35,38H,26-27H2,1H3/t34-,35+/m0/s1. The lowest BCUT2D eigenvalue weighted by molar-refractivity contribution is -0.164. The highest BCUT2D eigenvalue weighted by atomic mass is 16.5. The number of rotatable bonds is 11. The topological polar surface area (TPSA) is 50.8 Å². The van der Waals surface area contributed by atoms with Crippen molar-refractivity contribution in [3.63, 3.8) is 0 Å². The predicted molar refractivity (Wildman–Crippen MR) is 166 cm³/mol. The van der Waals surface area contributed by atoms with E-state index in [1.165, 1.54) is 0 Å². The van der Waals surface area contributed by atoms with Crippen LogP contribution >= 0.6 is 0 Å². The fourth-order valence-electron chi connectivity index (χ4n) is 5.92. The molecule has 1 fully saturated rings. The van der Waals surface area contributed by atoms with Crippen molar-refractivity contribution in [3.8, 4) is 11.5 Å². The van der Waals surface area contributed by atoms with E-state index in [9.17, 15) is 4.79 Å². The first-order chi connectivity index (χ1) is 20.7. The number of carbonyl (C=O) groups excluding carboxylic acids is 1. The second-order valence-electron chi connectivity index (χ2n) is 10.4. The summed E-state index contributed by atoms with van der Waals surface area (Å²) in [4.78, 5) is 15.5. The molecule has 1 saturated heterocycles. The highest BCUT2D eigenvalue weighted by Crippen LogP contribution is 2.39. The van der Waals surface area contributed by atoms with Crippen molar-refractivity contribution in [1.29, 1.82) is 0 Å². The first-order valence-electron chi connectivity index (χ1n) is 14.3. The third-order valence-corrected chi connectivity index (χ3v) is 7.98. The van der Waals surface area contributed by atoms with Gasteiger partial charge in [0, 0.05) is 13.1 Å². The van der Waals surface area contributed by atoms with Crippen LogP contribution in [0, 0.1) is 0 Å². The predicted octanol–water partition coefficient (Wildman–Crippen LogP) is 6.61. The molecule has 0 aromatic heterocycles. The average molecular weight is 555 g/mol. The number of hydrogen-bond acceptors (Lipinski definition) is 4. The molecule has 6 rings (SSSR count). The fourth-order valence-corrected chi connectivity index (χ4v) is 5.92. The molecule has 2 atom stereocenters. The molecular formula is C37H34N2O3. The first-order valence-corrected chi connectivity index (χ1v) is 14.3. The summed E-state index contributed by atoms with van der Waals surface area (Å²) < 4.78 is 11.6. The van der Waals surface area contributed by atoms with Gasteiger partial charge < -0.3 is 14.4 Å². The Bertz CT molecular complexity index is 1480. The minimum atomic E-state index is -0.604. The largest absolute Gasteiger partial charge is 0.497 e. The first kappa shape index (κ1) is 27.3. The van der Waals surface area contributed by atoms with Crippen molar-refractivity contribution >= 4 is 5.91 Å². The molecule has 0 radical (unpaired) electrons. The lowest BCUT2D eigenvalue weighted by Gasteiger charge is -2.47. The number of nitrogens with zero attached hydrogens (tertiary/aromatic N) is 1. The highest BCUT2D eigenvalue weighted by molar-refractivity contribution is 5.89. The minimum Gasteiger partial charge on any atom is -0.497 e. The number of benzene rings is 5. The molecule has 5 nitrogen and oxygen atoms in total. The molecule has 5 aromatic rings. The Balaban J connectivity index is 1.31. The summed E-state index contributed by atoms with van der Waals surface area (Å²) in [7, 11) is 1.65. The van der Waals surface area contributed by atoms with Crippen LogP contribution in [0.15, 0.2) is 146 Å². The van der Waals surface area contributed by atoms with Crippen molar-refractivity contribution in [2.45, 2.75) is 17.7 Å². The zero-order valence-electron chi connectivity index (χ0n) is 23.6. The number of hydrogen-bond donors (Lipinski definition) is 1. The van der Waals surface area contributed by atoms with Crippen LogP contribution in [0.3, 0.4) is 0 Å². The van der Waals surface area contributed by atoms with Crippen LogP contribution in [0.25, 0.3) is 0 Å². The molecule has 42 heavy (non-hydrogen) atoms. The summed E-state index contributed by atoms with van der Waals surface area (Å²) in [5.41, 5.74) is 3.81. The molecule has 0 bridgehead atoms. The van der Waals surface area contributed by atoms with Gasteiger partial charge in [0.05, 0.1) is 12.6 Å². The summed E-state index contributed by atoms with van der Waals surface area (Å²) in [5, 5.41) is 3.90. The summed E-state index contributed by atoms with van der Waals surface area (Å²) in [6.07, 6.45) is -0.595. The molecule has 0 saturated carbocycles. The molecule has 1 aliphatic rings. The Kier molecular flexibility index (Phi) is 8.02. The van der Waals surface area contributed by atoms with Crippen molar-refractivity contribution < 1.29 is 14.3 Å². The van der Waals surface area contributed by atoms with Crippen LogP contribution < -0.4 is 14.8 Å². The molecule has 1 aliphatic heterocycles. The van der Waals surface area contributed by atoms with E-state index in [-0.39, 0.29) is 11.9 Å². The van der Waals surface area contributed by atoms with Crippen molar-refractivity contribution in [2.75, 3.05) is 20.2 Å². The number of methoxy groups -OCH3 is 1. The van der Waals surface area contributed by atoms with Crippen molar-refractivity contribution in [1.82, 2.24) is 10.2 Å². The van der Waals surface area contributed by atoms with Gasteiger partial charge >= 0.3 is 0 Å². The summed E-state index contributed by atoms with van der Waals surface area (Å²) in [5.74, 6) is 1.44. The monoisotopic (exact) mass is 554 g/mol. The van der Waals surface area contributed by atoms with Gasteiger partial charge in [-0.1, -0.05) is 121 Å². The van der Waals surface area contributed by atoms with Crippen LogP contribution in [0.2, 0.25) is 0 Å². The Morgan fingerprint density at radius 3 is 1.60 bits per heavy atom. The summed E-state index contributed by atoms with van der Waals surface area (Å²) in [6.45, 7) is 1.08. The number of carbonyl (C=O) groups is 1. The molecule has 1 N–H and O–H groups in total. The van der Waals surface area contributed by atoms with Gasteiger partial charge in [-0.2, -0.15) is 0 Å². The third-order valence-electron chi connectivity index (χ3n) is 7.98. The van der Waals surface area contributed by atoms with Crippen molar-refractivity contribution in [2.24, 2.45) is 0 Å². The second kappa shape index (κ2) is 12.3. The molecule has 5 heteroatoms. The van der Waals surface area contributed by atoms with Gasteiger partial charge in [-0.25, -0.2) is 0 Å². The Labute approximate surface area is 247 Å². The zero-order chi connectivity index (χ0) is 28.8. The Hall–Kier alpha value is -4.87. The highest BCUT2D eigenvalue weighted by Gasteiger charge is 2.50. The van der Waals surface area contributed by atoms with E-state index >= 15 is 0 Å². The normalized spacial score (nSPS) is 16.5. The molecule has 210 valence electrons. The lowest BCUT2D eigenvalue weighted by Crippen LogP contribution is -2.62. The van der Waals surface area contributed by atoms with E-state index in [0.29, 0.717) is 18.8 Å². The number of ether oxygens (including phenoxy) is 2. The van der Waals surface area contributed by atoms with Crippen LogP contribution in [0.1, 0.15) is 28.3 Å². The van der Waals surface area contributed by atoms with Crippen LogP contribution in [-0.4, -0.2) is 37.1 Å². The number of para-hydroxylation sites is 1. The molecule has 0 unspecified atom stereocenters. The molecule has 1 heterocycles. The number of amides is 1. The Morgan fingerprint density at radius 2 is 1.12 bits per heavy atom. The van der Waals surface area contributed by atoms with Crippen LogP contribution in [-0.2, 0) is 10.3 Å². The molecule has 5 aromatic carbocycles. The third kappa shape index (κ3) is 5.27. The van der Waals surface area contributed by atoms with Gasteiger partial charge in [0.15, 0.2) is 0 Å². The maximum absolute atomic E-state index is 13.6. The maximum Gasteiger partial charge on any atom is 0.266 e. The minimum absolute atomic E-state index is 0.0220. The van der Waals surface area contributed by atoms with E-state index in [1.54, 1.807) is 7.11 Å². The molecule has 0 aliphatic carbocycles. The second-order valence-corrected chi connectivity index (χ2v) is 10.4. The smallest absolute Gasteiger partial charge is 0.266 e. The van der Waals surface area contributed by atoms with Crippen molar-refractivity contribution in [3.05, 3.63) is 168 Å². The number of nitrogens with one attached hydrogen (secondary N) is 1. The van der Waals surface area contributed by atoms with Gasteiger partial charge in [-0.05, 0) is 46.5 Å². The van der Waals surface area contributed by atoms with Gasteiger partial charge in [0.1, 0.15) is 17.5 Å². The van der Waals surface area contributed by atoms with Gasteiger partial charge in [0.2, 0.25) is 6.10 Å². The summed E-state index contributed by atoms with van der Waals surface area (Å²) >= 11 is 0. The average Bonchev–Trinajstić information content (AvgIpc) is 3.07. The quantitative estimate of drug-likeness (QED) is 0.148. The van der Waals surface area contributed by atoms with E-state index in [2.05, 4.69) is 78.1 Å². The number of β-lactam (4-membered cyclic amide) rings is 1. The lowest BCUT2D eigenvalue weighted by atomic mass is 9.77. The van der Waals surface area contributed by atoms with Crippen LogP contribution in [0.5, 0.6) is 11.5 Å². The van der Waals surface area contributed by atoms with Gasteiger partial charge in [-0.15, -0.1) is 0 Å². The SMILES string of the molecule is COc1ccc([C@H]2[C@@H](Oc3ccccc3)C(=O)N2CCNC(c2ccccc2)(c2ccccc2)c2ccccc2)cc1. The van der Waals surface area contributed by atoms with Gasteiger partial charge in [-0.3, -0.25) is 10.1 Å². The fraction of sp³-hybridized carbons (Fsp3) is 0.162. The Morgan fingerprint density at radius 1 is 0.643 bits per heavy atom. The number of likely N-dealkylation sites (tertiary alicyclic amines) is 1. The van der Waals surface area contributed by atoms with E-state index < -0.39 is 11.6 Å². The van der Waals surface area contributed by atoms with Crippen LogP contribution in [0.4, 0.5) is 0 Å². The molecule has 0 spiro atoms. The summed E-state index contributed by atoms with van der Waals surface area (Å²) in [6, 6.07) is 48.7. The van der Waals surface area contributed by atoms with E-state index in [4.69, 9.17) is 9.47 Å². The molecule has 1 amide bonds.